The third kappa shape index (κ3) is 3.20. The van der Waals surface area contributed by atoms with Gasteiger partial charge in [0.15, 0.2) is 0 Å². The van der Waals surface area contributed by atoms with Crippen LogP contribution in [-0.2, 0) is 0 Å². The van der Waals surface area contributed by atoms with E-state index in [1.807, 2.05) is 0 Å². The lowest BCUT2D eigenvalue weighted by Crippen LogP contribution is -1.86. The van der Waals surface area contributed by atoms with Gasteiger partial charge in [0, 0.05) is 30.0 Å². The maximum Gasteiger partial charge on any atom is 0.269 e. The molecule has 6 heteroatoms. The van der Waals surface area contributed by atoms with Crippen LogP contribution in [0.15, 0.2) is 65.2 Å². The van der Waals surface area contributed by atoms with Crippen LogP contribution in [0.4, 0.5) is 5.69 Å². The summed E-state index contributed by atoms with van der Waals surface area (Å²) in [5.74, 6) is 1.07. The maximum absolute atomic E-state index is 10.7. The lowest BCUT2D eigenvalue weighted by molar-refractivity contribution is -0.384. The molecule has 0 N–H and O–H groups in total. The number of nitriles is 1. The van der Waals surface area contributed by atoms with Crippen molar-refractivity contribution in [1.29, 1.82) is 5.26 Å². The van der Waals surface area contributed by atoms with Gasteiger partial charge < -0.3 is 4.42 Å². The Labute approximate surface area is 137 Å². The standard InChI is InChI=1S/C18H11N3O3/c19-12-14(17-3-1-2-10-20-17)11-16-8-9-18(24-16)13-4-6-15(7-5-13)21(22)23/h1-11H/b14-11+. The first-order valence-electron chi connectivity index (χ1n) is 7.05. The van der Waals surface area contributed by atoms with Crippen molar-refractivity contribution in [1.82, 2.24) is 4.98 Å². The van der Waals surface area contributed by atoms with Gasteiger partial charge in [0.1, 0.15) is 17.6 Å². The van der Waals surface area contributed by atoms with E-state index in [2.05, 4.69) is 11.1 Å². The Morgan fingerprint density at radius 2 is 1.96 bits per heavy atom. The Kier molecular flexibility index (Phi) is 4.17. The number of hydrogen-bond donors (Lipinski definition) is 0. The van der Waals surface area contributed by atoms with Gasteiger partial charge in [-0.1, -0.05) is 6.07 Å². The van der Waals surface area contributed by atoms with Crippen LogP contribution in [0, 0.1) is 21.4 Å². The van der Waals surface area contributed by atoms with Gasteiger partial charge >= 0.3 is 0 Å². The van der Waals surface area contributed by atoms with Crippen LogP contribution in [0.5, 0.6) is 0 Å². The molecule has 0 fully saturated rings. The molecule has 0 aliphatic carbocycles. The lowest BCUT2D eigenvalue weighted by Gasteiger charge is -1.98. The summed E-state index contributed by atoms with van der Waals surface area (Å²) in [6, 6.07) is 17.0. The summed E-state index contributed by atoms with van der Waals surface area (Å²) in [4.78, 5) is 14.4. The first-order chi connectivity index (χ1) is 11.7. The Morgan fingerprint density at radius 1 is 1.17 bits per heavy atom. The number of furan rings is 1. The largest absolute Gasteiger partial charge is 0.457 e. The van der Waals surface area contributed by atoms with E-state index in [4.69, 9.17) is 4.42 Å². The van der Waals surface area contributed by atoms with Crippen LogP contribution < -0.4 is 0 Å². The van der Waals surface area contributed by atoms with Crippen molar-refractivity contribution in [3.05, 3.63) is 82.4 Å². The van der Waals surface area contributed by atoms with Crippen molar-refractivity contribution in [2.24, 2.45) is 0 Å². The summed E-state index contributed by atoms with van der Waals surface area (Å²) in [7, 11) is 0. The highest BCUT2D eigenvalue weighted by Gasteiger charge is 2.09. The highest BCUT2D eigenvalue weighted by atomic mass is 16.6. The Balaban J connectivity index is 1.89. The molecule has 0 aliphatic rings. The maximum atomic E-state index is 10.7. The Hall–Kier alpha value is -3.72. The molecule has 2 aromatic heterocycles. The van der Waals surface area contributed by atoms with Crippen molar-refractivity contribution >= 4 is 17.3 Å². The fourth-order valence-corrected chi connectivity index (χ4v) is 2.16. The van der Waals surface area contributed by atoms with E-state index in [0.29, 0.717) is 22.8 Å². The summed E-state index contributed by atoms with van der Waals surface area (Å²) in [5, 5.41) is 20.0. The summed E-state index contributed by atoms with van der Waals surface area (Å²) in [5.41, 5.74) is 1.69. The van der Waals surface area contributed by atoms with Gasteiger partial charge in [-0.05, 0) is 36.4 Å². The normalized spacial score (nSPS) is 11.0. The zero-order chi connectivity index (χ0) is 16.9. The van der Waals surface area contributed by atoms with Crippen molar-refractivity contribution < 1.29 is 9.34 Å². The first-order valence-corrected chi connectivity index (χ1v) is 7.05. The van der Waals surface area contributed by atoms with Crippen LogP contribution in [0.2, 0.25) is 0 Å². The first kappa shape index (κ1) is 15.2. The van der Waals surface area contributed by atoms with Gasteiger partial charge in [0.2, 0.25) is 0 Å². The van der Waals surface area contributed by atoms with E-state index in [0.717, 1.165) is 5.56 Å². The van der Waals surface area contributed by atoms with E-state index < -0.39 is 4.92 Å². The minimum atomic E-state index is -0.452. The van der Waals surface area contributed by atoms with E-state index in [-0.39, 0.29) is 5.69 Å². The van der Waals surface area contributed by atoms with Gasteiger partial charge in [0.05, 0.1) is 16.2 Å². The number of allylic oxidation sites excluding steroid dienone is 1. The molecular formula is C18H11N3O3. The smallest absolute Gasteiger partial charge is 0.269 e. The number of non-ortho nitro benzene ring substituents is 1. The number of nitro groups is 1. The molecule has 24 heavy (non-hydrogen) atoms. The number of hydrogen-bond acceptors (Lipinski definition) is 5. The quantitative estimate of drug-likeness (QED) is 0.406. The summed E-state index contributed by atoms with van der Waals surface area (Å²) in [6.45, 7) is 0. The summed E-state index contributed by atoms with van der Waals surface area (Å²) in [6.07, 6.45) is 3.22. The topological polar surface area (TPSA) is 93.0 Å². The third-order valence-electron chi connectivity index (χ3n) is 3.34. The number of nitrogens with zero attached hydrogens (tertiary/aromatic N) is 3. The second-order valence-corrected chi connectivity index (χ2v) is 4.89. The second kappa shape index (κ2) is 6.58. The van der Waals surface area contributed by atoms with Crippen molar-refractivity contribution in [3.8, 4) is 17.4 Å². The van der Waals surface area contributed by atoms with E-state index in [1.165, 1.54) is 12.1 Å². The minimum absolute atomic E-state index is 0.0207. The molecule has 0 spiro atoms. The Bertz CT molecular complexity index is 936. The number of rotatable bonds is 4. The molecule has 3 rings (SSSR count). The molecule has 0 atom stereocenters. The van der Waals surface area contributed by atoms with Crippen LogP contribution >= 0.6 is 0 Å². The van der Waals surface area contributed by atoms with Crippen molar-refractivity contribution in [2.75, 3.05) is 0 Å². The van der Waals surface area contributed by atoms with Gasteiger partial charge in [0.25, 0.3) is 5.69 Å². The summed E-state index contributed by atoms with van der Waals surface area (Å²) >= 11 is 0. The molecular weight excluding hydrogens is 306 g/mol. The van der Waals surface area contributed by atoms with Gasteiger partial charge in [-0.3, -0.25) is 15.1 Å². The van der Waals surface area contributed by atoms with Gasteiger partial charge in [-0.15, -0.1) is 0 Å². The third-order valence-corrected chi connectivity index (χ3v) is 3.34. The average Bonchev–Trinajstić information content (AvgIpc) is 3.09. The van der Waals surface area contributed by atoms with Crippen LogP contribution in [0.3, 0.4) is 0 Å². The highest BCUT2D eigenvalue weighted by Crippen LogP contribution is 2.26. The fraction of sp³-hybridized carbons (Fsp3) is 0. The van der Waals surface area contributed by atoms with Crippen LogP contribution in [-0.4, -0.2) is 9.91 Å². The molecule has 0 radical (unpaired) electrons. The van der Waals surface area contributed by atoms with Gasteiger partial charge in [-0.2, -0.15) is 5.26 Å². The molecule has 6 nitrogen and oxygen atoms in total. The number of aromatic nitrogens is 1. The minimum Gasteiger partial charge on any atom is -0.457 e. The predicted octanol–water partition coefficient (Wildman–Crippen LogP) is 4.31. The molecule has 0 bridgehead atoms. The second-order valence-electron chi connectivity index (χ2n) is 4.89. The molecule has 2 heterocycles. The lowest BCUT2D eigenvalue weighted by atomic mass is 10.1. The monoisotopic (exact) mass is 317 g/mol. The molecule has 0 aliphatic heterocycles. The van der Waals surface area contributed by atoms with Gasteiger partial charge in [-0.25, -0.2) is 0 Å². The number of benzene rings is 1. The molecule has 1 aromatic carbocycles. The average molecular weight is 317 g/mol. The molecule has 3 aromatic rings. The fourth-order valence-electron chi connectivity index (χ4n) is 2.16. The number of nitro benzene ring substituents is 1. The summed E-state index contributed by atoms with van der Waals surface area (Å²) < 4.78 is 5.70. The van der Waals surface area contributed by atoms with Crippen molar-refractivity contribution in [3.63, 3.8) is 0 Å². The van der Waals surface area contributed by atoms with Crippen LogP contribution in [0.1, 0.15) is 11.5 Å². The van der Waals surface area contributed by atoms with Crippen LogP contribution in [0.25, 0.3) is 23.0 Å². The van der Waals surface area contributed by atoms with E-state index >= 15 is 0 Å². The Morgan fingerprint density at radius 3 is 2.58 bits per heavy atom. The molecule has 0 unspecified atom stereocenters. The van der Waals surface area contributed by atoms with E-state index in [1.54, 1.807) is 54.7 Å². The van der Waals surface area contributed by atoms with E-state index in [9.17, 15) is 15.4 Å². The molecule has 0 amide bonds. The SMILES string of the molecule is N#C/C(=C\c1ccc(-c2ccc([N+](=O)[O-])cc2)o1)c1ccccn1. The highest BCUT2D eigenvalue weighted by molar-refractivity contribution is 5.87. The predicted molar refractivity (Wildman–Crippen MR) is 88.5 cm³/mol. The number of pyridine rings is 1. The molecule has 0 saturated heterocycles. The zero-order valence-corrected chi connectivity index (χ0v) is 12.4. The zero-order valence-electron chi connectivity index (χ0n) is 12.4. The van der Waals surface area contributed by atoms with Crippen molar-refractivity contribution in [2.45, 2.75) is 0 Å². The molecule has 0 saturated carbocycles. The molecule has 116 valence electrons.